The maximum atomic E-state index is 14.3. The molecule has 3 aromatic rings. The first-order valence-electron chi connectivity index (χ1n) is 12.0. The lowest BCUT2D eigenvalue weighted by Crippen LogP contribution is -2.44. The van der Waals surface area contributed by atoms with E-state index < -0.39 is 0 Å². The van der Waals surface area contributed by atoms with Crippen molar-refractivity contribution in [2.45, 2.75) is 46.6 Å². The number of fused-ring (bicyclic) bond motifs is 1. The molecule has 0 saturated carbocycles. The quantitative estimate of drug-likeness (QED) is 0.652. The van der Waals surface area contributed by atoms with Crippen molar-refractivity contribution >= 4 is 22.7 Å². The van der Waals surface area contributed by atoms with Gasteiger partial charge in [0.05, 0.1) is 17.7 Å². The Kier molecular flexibility index (Phi) is 5.80. The summed E-state index contributed by atoms with van der Waals surface area (Å²) in [5, 5.41) is 3.45. The molecule has 0 spiro atoms. The van der Waals surface area contributed by atoms with Gasteiger partial charge in [-0.3, -0.25) is 0 Å². The number of hydrogen-bond acceptors (Lipinski definition) is 4. The van der Waals surface area contributed by atoms with Crippen molar-refractivity contribution in [2.75, 3.05) is 49.1 Å². The molecule has 0 radical (unpaired) electrons. The second-order valence-corrected chi connectivity index (χ2v) is 9.48. The molecule has 2 fully saturated rings. The molecule has 2 aliphatic rings. The van der Waals surface area contributed by atoms with Gasteiger partial charge in [-0.25, -0.2) is 9.37 Å². The number of hydrogen-bond donors (Lipinski definition) is 1. The van der Waals surface area contributed by atoms with E-state index in [0.29, 0.717) is 17.7 Å². The van der Waals surface area contributed by atoms with E-state index in [4.69, 9.17) is 4.98 Å². The number of piperidine rings is 1. The highest BCUT2D eigenvalue weighted by atomic mass is 19.1. The summed E-state index contributed by atoms with van der Waals surface area (Å²) < 4.78 is 16.6. The highest BCUT2D eigenvalue weighted by Gasteiger charge is 2.23. The predicted octanol–water partition coefficient (Wildman–Crippen LogP) is 4.55. The Labute approximate surface area is 190 Å². The lowest BCUT2D eigenvalue weighted by Gasteiger charge is -2.29. The van der Waals surface area contributed by atoms with Crippen LogP contribution in [0.3, 0.4) is 0 Å². The number of nitrogens with one attached hydrogen (secondary N) is 1. The molecular formula is C26H34FN5. The summed E-state index contributed by atoms with van der Waals surface area (Å²) in [5.41, 5.74) is 7.34. The van der Waals surface area contributed by atoms with Gasteiger partial charge in [-0.15, -0.1) is 0 Å². The highest BCUT2D eigenvalue weighted by molar-refractivity contribution is 5.92. The standard InChI is InChI=1S/C26H34FN5/c1-18-13-22(30-9-5-4-6-10-30)25-23(14-18)32(26(29-25)31-11-7-28-8-12-31)17-21-15-19(2)24(27)20(3)16-21/h13-16,28H,4-12,17H2,1-3H3. The highest BCUT2D eigenvalue weighted by Crippen LogP contribution is 2.34. The molecule has 3 heterocycles. The summed E-state index contributed by atoms with van der Waals surface area (Å²) >= 11 is 0. The summed E-state index contributed by atoms with van der Waals surface area (Å²) in [6, 6.07) is 8.54. The Balaban J connectivity index is 1.65. The summed E-state index contributed by atoms with van der Waals surface area (Å²) in [6.45, 7) is 12.6. The first kappa shape index (κ1) is 21.3. The van der Waals surface area contributed by atoms with Crippen molar-refractivity contribution in [1.29, 1.82) is 0 Å². The van der Waals surface area contributed by atoms with Crippen LogP contribution < -0.4 is 15.1 Å². The lowest BCUT2D eigenvalue weighted by atomic mass is 10.1. The number of aromatic nitrogens is 2. The topological polar surface area (TPSA) is 36.3 Å². The molecule has 0 amide bonds. The second kappa shape index (κ2) is 8.74. The summed E-state index contributed by atoms with van der Waals surface area (Å²) in [4.78, 5) is 10.2. The number of nitrogens with zero attached hydrogens (tertiary/aromatic N) is 4. The number of anilines is 2. The Morgan fingerprint density at radius 2 is 1.56 bits per heavy atom. The molecule has 0 bridgehead atoms. The molecule has 2 saturated heterocycles. The number of imidazole rings is 1. The zero-order chi connectivity index (χ0) is 22.2. The van der Waals surface area contributed by atoms with Crippen LogP contribution in [0.25, 0.3) is 11.0 Å². The van der Waals surface area contributed by atoms with Crippen LogP contribution in [0.15, 0.2) is 24.3 Å². The third kappa shape index (κ3) is 3.96. The largest absolute Gasteiger partial charge is 0.370 e. The van der Waals surface area contributed by atoms with Gasteiger partial charge in [0.15, 0.2) is 0 Å². The molecule has 0 unspecified atom stereocenters. The minimum absolute atomic E-state index is 0.102. The van der Waals surface area contributed by atoms with Gasteiger partial charge in [0.1, 0.15) is 11.3 Å². The zero-order valence-electron chi connectivity index (χ0n) is 19.5. The third-order valence-electron chi connectivity index (χ3n) is 6.89. The van der Waals surface area contributed by atoms with Gasteiger partial charge in [-0.1, -0.05) is 12.1 Å². The SMILES string of the molecule is Cc1cc(N2CCCCC2)c2nc(N3CCNCC3)n(Cc3cc(C)c(F)c(C)c3)c2c1. The molecule has 0 atom stereocenters. The first-order chi connectivity index (χ1) is 15.5. The van der Waals surface area contributed by atoms with Crippen LogP contribution in [0.4, 0.5) is 16.0 Å². The lowest BCUT2D eigenvalue weighted by molar-refractivity contribution is 0.571. The normalized spacial score (nSPS) is 17.4. The molecule has 170 valence electrons. The van der Waals surface area contributed by atoms with Crippen molar-refractivity contribution < 1.29 is 4.39 Å². The van der Waals surface area contributed by atoms with Crippen molar-refractivity contribution in [2.24, 2.45) is 0 Å². The number of piperazine rings is 1. The molecule has 32 heavy (non-hydrogen) atoms. The average Bonchev–Trinajstić information content (AvgIpc) is 3.16. The fraction of sp³-hybridized carbons (Fsp3) is 0.500. The first-order valence-corrected chi connectivity index (χ1v) is 12.0. The van der Waals surface area contributed by atoms with Gasteiger partial charge in [0, 0.05) is 39.3 Å². The fourth-order valence-electron chi connectivity index (χ4n) is 5.28. The van der Waals surface area contributed by atoms with Gasteiger partial charge >= 0.3 is 0 Å². The third-order valence-corrected chi connectivity index (χ3v) is 6.89. The molecule has 0 aliphatic carbocycles. The Morgan fingerprint density at radius 1 is 0.875 bits per heavy atom. The van der Waals surface area contributed by atoms with E-state index in [1.165, 1.54) is 36.0 Å². The number of benzene rings is 2. The second-order valence-electron chi connectivity index (χ2n) is 9.48. The summed E-state index contributed by atoms with van der Waals surface area (Å²) in [6.07, 6.45) is 3.80. The zero-order valence-corrected chi connectivity index (χ0v) is 19.5. The fourth-order valence-corrected chi connectivity index (χ4v) is 5.28. The van der Waals surface area contributed by atoms with Gasteiger partial charge in [-0.05, 0) is 74.4 Å². The van der Waals surface area contributed by atoms with Crippen LogP contribution in [0, 0.1) is 26.6 Å². The van der Waals surface area contributed by atoms with Crippen molar-refractivity contribution in [3.8, 4) is 0 Å². The van der Waals surface area contributed by atoms with Crippen molar-refractivity contribution in [3.05, 3.63) is 52.3 Å². The Morgan fingerprint density at radius 3 is 2.25 bits per heavy atom. The summed E-state index contributed by atoms with van der Waals surface area (Å²) in [7, 11) is 0. The van der Waals surface area contributed by atoms with E-state index >= 15 is 0 Å². The van der Waals surface area contributed by atoms with Gasteiger partial charge in [0.2, 0.25) is 5.95 Å². The molecule has 2 aromatic carbocycles. The summed E-state index contributed by atoms with van der Waals surface area (Å²) in [5.74, 6) is 0.930. The van der Waals surface area contributed by atoms with Crippen LogP contribution in [-0.2, 0) is 6.54 Å². The minimum Gasteiger partial charge on any atom is -0.370 e. The van der Waals surface area contributed by atoms with E-state index in [1.54, 1.807) is 0 Å². The number of halogens is 1. The molecule has 5 rings (SSSR count). The van der Waals surface area contributed by atoms with Crippen molar-refractivity contribution in [3.63, 3.8) is 0 Å². The van der Waals surface area contributed by atoms with E-state index in [0.717, 1.165) is 56.3 Å². The Bertz CT molecular complexity index is 1100. The van der Waals surface area contributed by atoms with E-state index in [-0.39, 0.29) is 5.82 Å². The van der Waals surface area contributed by atoms with E-state index in [2.05, 4.69) is 38.7 Å². The van der Waals surface area contributed by atoms with E-state index in [9.17, 15) is 4.39 Å². The predicted molar refractivity (Wildman–Crippen MR) is 131 cm³/mol. The molecule has 6 heteroatoms. The van der Waals surface area contributed by atoms with Crippen LogP contribution in [-0.4, -0.2) is 48.8 Å². The smallest absolute Gasteiger partial charge is 0.207 e. The van der Waals surface area contributed by atoms with Gasteiger partial charge in [0.25, 0.3) is 0 Å². The number of aryl methyl sites for hydroxylation is 3. The molecule has 1 N–H and O–H groups in total. The van der Waals surface area contributed by atoms with Crippen LogP contribution >= 0.6 is 0 Å². The van der Waals surface area contributed by atoms with E-state index in [1.807, 2.05) is 26.0 Å². The van der Waals surface area contributed by atoms with Gasteiger partial charge < -0.3 is 19.7 Å². The molecule has 1 aromatic heterocycles. The molecule has 5 nitrogen and oxygen atoms in total. The Hall–Kier alpha value is -2.60. The maximum absolute atomic E-state index is 14.3. The monoisotopic (exact) mass is 435 g/mol. The molecule has 2 aliphatic heterocycles. The minimum atomic E-state index is -0.102. The maximum Gasteiger partial charge on any atom is 0.207 e. The average molecular weight is 436 g/mol. The molecular weight excluding hydrogens is 401 g/mol. The van der Waals surface area contributed by atoms with Gasteiger partial charge in [-0.2, -0.15) is 0 Å². The van der Waals surface area contributed by atoms with Crippen molar-refractivity contribution in [1.82, 2.24) is 14.9 Å². The van der Waals surface area contributed by atoms with Crippen LogP contribution in [0.1, 0.15) is 41.5 Å². The van der Waals surface area contributed by atoms with Crippen LogP contribution in [0.2, 0.25) is 0 Å². The number of rotatable bonds is 4. The van der Waals surface area contributed by atoms with Crippen LogP contribution in [0.5, 0.6) is 0 Å².